The van der Waals surface area contributed by atoms with Crippen LogP contribution in [0.2, 0.25) is 0 Å². The minimum atomic E-state index is -0.188. The Kier molecular flexibility index (Phi) is 10.3. The van der Waals surface area contributed by atoms with E-state index >= 15 is 0 Å². The number of rotatable bonds is 8. The molecule has 0 unspecified atom stereocenters. The topological polar surface area (TPSA) is 19.6 Å². The normalized spacial score (nSPS) is 16.3. The minimum absolute atomic E-state index is 0.0537. The van der Waals surface area contributed by atoms with E-state index in [1.54, 1.807) is 0 Å². The van der Waals surface area contributed by atoms with E-state index in [4.69, 9.17) is 4.42 Å². The molecule has 11 aromatic rings. The van der Waals surface area contributed by atoms with E-state index in [1.165, 1.54) is 72.3 Å². The molecule has 382 valence electrons. The van der Waals surface area contributed by atoms with Crippen molar-refractivity contribution in [1.82, 2.24) is 0 Å². The average Bonchev–Trinajstić information content (AvgIpc) is 4.06. The van der Waals surface area contributed by atoms with Gasteiger partial charge in [0.2, 0.25) is 0 Å². The number of para-hydroxylation sites is 2. The van der Waals surface area contributed by atoms with Crippen LogP contribution in [0.4, 0.5) is 34.1 Å². The zero-order valence-electron chi connectivity index (χ0n) is 46.6. The predicted molar refractivity (Wildman–Crippen MR) is 329 cm³/mol. The van der Waals surface area contributed by atoms with Gasteiger partial charge >= 0.3 is 0 Å². The van der Waals surface area contributed by atoms with Gasteiger partial charge in [-0.3, -0.25) is 0 Å². The molecule has 3 aliphatic carbocycles. The summed E-state index contributed by atoms with van der Waals surface area (Å²) < 4.78 is 6.71. The first-order chi connectivity index (χ1) is 37.5. The fourth-order valence-corrected chi connectivity index (χ4v) is 14.2. The van der Waals surface area contributed by atoms with E-state index in [2.05, 4.69) is 297 Å². The third-order valence-electron chi connectivity index (χ3n) is 19.8. The number of benzene rings is 10. The number of nitrogens with zero attached hydrogens (tertiary/aromatic N) is 2. The van der Waals surface area contributed by atoms with E-state index in [1.807, 2.05) is 0 Å². The van der Waals surface area contributed by atoms with E-state index in [0.717, 1.165) is 61.6 Å². The summed E-state index contributed by atoms with van der Waals surface area (Å²) in [5, 5.41) is 2.24. The van der Waals surface area contributed by atoms with Crippen molar-refractivity contribution in [3.05, 3.63) is 252 Å². The third kappa shape index (κ3) is 6.76. The first kappa shape index (κ1) is 48.0. The van der Waals surface area contributed by atoms with Crippen LogP contribution in [0.15, 0.2) is 223 Å². The molecule has 0 saturated heterocycles. The molecule has 0 bridgehead atoms. The lowest BCUT2D eigenvalue weighted by atomic mass is 9.59. The molecule has 3 nitrogen and oxygen atoms in total. The van der Waals surface area contributed by atoms with Crippen LogP contribution in [0.1, 0.15) is 103 Å². The van der Waals surface area contributed by atoms with Gasteiger partial charge in [-0.1, -0.05) is 209 Å². The SMILES string of the molecule is CC1(C)c2ccccc2-c2ccc(N(c3ccc(-c4cc5c(cc4N(c4ccc6c(c4)C(C)(C)c4ccccc4-6)c4ccc6c(c4)oc4ccccc46)C(C)(C)C(C)(C)C5(C)C)cc3)c3ccccc3-c3ccccc3)cc21. The second-order valence-electron chi connectivity index (χ2n) is 25.0. The molecule has 3 heteroatoms. The second kappa shape index (κ2) is 16.8. The van der Waals surface area contributed by atoms with E-state index in [0.29, 0.717) is 0 Å². The smallest absolute Gasteiger partial charge is 0.137 e. The molecule has 0 spiro atoms. The summed E-state index contributed by atoms with van der Waals surface area (Å²) in [5.41, 5.74) is 25.9. The Balaban J connectivity index is 0.993. The van der Waals surface area contributed by atoms with Crippen LogP contribution in [-0.4, -0.2) is 0 Å². The van der Waals surface area contributed by atoms with Crippen molar-refractivity contribution < 1.29 is 4.42 Å². The van der Waals surface area contributed by atoms with Gasteiger partial charge in [0.1, 0.15) is 11.2 Å². The molecule has 10 aromatic carbocycles. The highest BCUT2D eigenvalue weighted by Gasteiger charge is 2.57. The lowest BCUT2D eigenvalue weighted by Crippen LogP contribution is -2.42. The molecule has 1 heterocycles. The maximum Gasteiger partial charge on any atom is 0.137 e. The maximum absolute atomic E-state index is 6.71. The molecule has 3 aliphatic rings. The van der Waals surface area contributed by atoms with Crippen molar-refractivity contribution in [3.8, 4) is 44.5 Å². The number of fused-ring (bicyclic) bond motifs is 10. The molecule has 0 fully saturated rings. The van der Waals surface area contributed by atoms with E-state index < -0.39 is 0 Å². The zero-order chi connectivity index (χ0) is 53.7. The summed E-state index contributed by atoms with van der Waals surface area (Å²) in [6.45, 7) is 24.3. The summed E-state index contributed by atoms with van der Waals surface area (Å²) >= 11 is 0. The van der Waals surface area contributed by atoms with Crippen molar-refractivity contribution in [2.45, 2.75) is 90.9 Å². The van der Waals surface area contributed by atoms with Gasteiger partial charge in [0, 0.05) is 61.5 Å². The summed E-state index contributed by atoms with van der Waals surface area (Å²) in [6, 6.07) is 81.6. The Morgan fingerprint density at radius 3 is 1.36 bits per heavy atom. The average molecular weight is 1010 g/mol. The first-order valence-corrected chi connectivity index (χ1v) is 27.9. The molecular weight excluding hydrogens is 945 g/mol. The van der Waals surface area contributed by atoms with Gasteiger partial charge in [-0.05, 0) is 156 Å². The summed E-state index contributed by atoms with van der Waals surface area (Å²) in [4.78, 5) is 5.00. The predicted octanol–water partition coefficient (Wildman–Crippen LogP) is 21.1. The van der Waals surface area contributed by atoms with Crippen molar-refractivity contribution in [1.29, 1.82) is 0 Å². The van der Waals surface area contributed by atoms with Crippen molar-refractivity contribution in [3.63, 3.8) is 0 Å². The lowest BCUT2D eigenvalue weighted by Gasteiger charge is -2.44. The molecule has 0 amide bonds. The van der Waals surface area contributed by atoms with Gasteiger partial charge in [-0.2, -0.15) is 0 Å². The fourth-order valence-electron chi connectivity index (χ4n) is 14.2. The summed E-state index contributed by atoms with van der Waals surface area (Å²) in [5.74, 6) is 0. The van der Waals surface area contributed by atoms with Crippen LogP contribution >= 0.6 is 0 Å². The van der Waals surface area contributed by atoms with Crippen LogP contribution in [0, 0.1) is 5.41 Å². The zero-order valence-corrected chi connectivity index (χ0v) is 46.6. The number of anilines is 6. The lowest BCUT2D eigenvalue weighted by molar-refractivity contribution is 0.125. The van der Waals surface area contributed by atoms with E-state index in [-0.39, 0.29) is 27.1 Å². The minimum Gasteiger partial charge on any atom is -0.456 e. The number of hydrogen-bond acceptors (Lipinski definition) is 3. The Bertz CT molecular complexity index is 4240. The third-order valence-corrected chi connectivity index (χ3v) is 19.8. The van der Waals surface area contributed by atoms with Gasteiger partial charge in [0.05, 0.1) is 11.4 Å². The van der Waals surface area contributed by atoms with Gasteiger partial charge in [0.15, 0.2) is 0 Å². The largest absolute Gasteiger partial charge is 0.456 e. The highest BCUT2D eigenvalue weighted by atomic mass is 16.3. The van der Waals surface area contributed by atoms with Crippen molar-refractivity contribution >= 4 is 56.1 Å². The molecular formula is C75H66N2O. The van der Waals surface area contributed by atoms with Gasteiger partial charge in [-0.25, -0.2) is 0 Å². The van der Waals surface area contributed by atoms with Crippen LogP contribution in [0.5, 0.6) is 0 Å². The molecule has 78 heavy (non-hydrogen) atoms. The second-order valence-corrected chi connectivity index (χ2v) is 25.0. The molecule has 0 radical (unpaired) electrons. The number of hydrogen-bond donors (Lipinski definition) is 0. The number of furan rings is 1. The van der Waals surface area contributed by atoms with Crippen LogP contribution in [0.25, 0.3) is 66.4 Å². The molecule has 1 aromatic heterocycles. The fraction of sp³-hybridized carbons (Fsp3) is 0.200. The van der Waals surface area contributed by atoms with Crippen molar-refractivity contribution in [2.24, 2.45) is 5.41 Å². The quantitative estimate of drug-likeness (QED) is 0.151. The molecule has 14 rings (SSSR count). The van der Waals surface area contributed by atoms with Crippen molar-refractivity contribution in [2.75, 3.05) is 9.80 Å². The Morgan fingerprint density at radius 1 is 0.282 bits per heavy atom. The van der Waals surface area contributed by atoms with Gasteiger partial charge < -0.3 is 14.2 Å². The van der Waals surface area contributed by atoms with Crippen LogP contribution < -0.4 is 9.80 Å². The highest BCUT2D eigenvalue weighted by Crippen LogP contribution is 2.64. The maximum atomic E-state index is 6.71. The summed E-state index contributed by atoms with van der Waals surface area (Å²) in [6.07, 6.45) is 0. The van der Waals surface area contributed by atoms with Gasteiger partial charge in [-0.15, -0.1) is 0 Å². The molecule has 0 atom stereocenters. The van der Waals surface area contributed by atoms with Crippen LogP contribution in [0.3, 0.4) is 0 Å². The first-order valence-electron chi connectivity index (χ1n) is 27.9. The monoisotopic (exact) mass is 1010 g/mol. The highest BCUT2D eigenvalue weighted by molar-refractivity contribution is 6.06. The van der Waals surface area contributed by atoms with Gasteiger partial charge in [0.25, 0.3) is 0 Å². The molecule has 0 saturated carbocycles. The standard InChI is InChI=1S/C75H66N2O/c1-71(2)61-28-18-14-25-54(61)56-39-36-50(42-63(56)71)76(67-30-20-16-24-53(67)47-22-12-11-13-23-47)49-34-32-48(33-35-49)60-45-65-66(74(7,8)75(9,10)73(65,5)6)46-68(60)77(52-38-41-59-58-27-17-21-31-69(58)78-70(59)44-52)51-37-40-57-55-26-15-19-29-62(55)72(3,4)64(57)43-51/h11-46H,1-10H3. The Labute approximate surface area is 460 Å². The molecule has 0 N–H and O–H groups in total. The Hall–Kier alpha value is -8.40. The van der Waals surface area contributed by atoms with E-state index in [9.17, 15) is 0 Å². The Morgan fingerprint density at radius 2 is 0.731 bits per heavy atom. The van der Waals surface area contributed by atoms with Crippen LogP contribution in [-0.2, 0) is 21.7 Å². The molecule has 0 aliphatic heterocycles. The summed E-state index contributed by atoms with van der Waals surface area (Å²) in [7, 11) is 0.